The number of amides is 1. The van der Waals surface area contributed by atoms with Crippen molar-refractivity contribution < 1.29 is 23.4 Å². The maximum Gasteiger partial charge on any atom is 0.264 e. The maximum atomic E-state index is 13.5. The molecule has 0 bridgehead atoms. The zero-order valence-electron chi connectivity index (χ0n) is 12.6. The topological polar surface area (TPSA) is 49.8 Å². The Morgan fingerprint density at radius 3 is 2.87 bits per heavy atom. The molecule has 7 heteroatoms. The number of carbonyl (C=O) groups is 1. The molecule has 1 amide bonds. The fraction of sp³-hybridized carbons (Fsp3) is 0.438. The second-order valence-corrected chi connectivity index (χ2v) is 6.72. The lowest BCUT2D eigenvalue weighted by Crippen LogP contribution is -2.33. The molecule has 2 aliphatic heterocycles. The van der Waals surface area contributed by atoms with Crippen LogP contribution in [0.5, 0.6) is 0 Å². The van der Waals surface area contributed by atoms with Crippen LogP contribution in [0.2, 0.25) is 0 Å². The summed E-state index contributed by atoms with van der Waals surface area (Å²) in [6.07, 6.45) is -0.387. The molecule has 1 fully saturated rings. The maximum absolute atomic E-state index is 13.5. The smallest absolute Gasteiger partial charge is 0.264 e. The Hall–Kier alpha value is -1.60. The molecule has 0 aromatic heterocycles. The summed E-state index contributed by atoms with van der Waals surface area (Å²) in [5.74, 6) is -0.873. The molecule has 1 N–H and O–H groups in total. The van der Waals surface area contributed by atoms with Crippen molar-refractivity contribution in [3.63, 3.8) is 0 Å². The largest absolute Gasteiger partial charge is 0.496 e. The van der Waals surface area contributed by atoms with Crippen LogP contribution >= 0.6 is 11.8 Å². The number of allylic oxidation sites excluding steroid dienone is 1. The van der Waals surface area contributed by atoms with Crippen molar-refractivity contribution in [1.29, 1.82) is 0 Å². The van der Waals surface area contributed by atoms with Gasteiger partial charge in [-0.2, -0.15) is 0 Å². The van der Waals surface area contributed by atoms with Gasteiger partial charge in [-0.15, -0.1) is 11.8 Å². The number of likely N-dealkylation sites (tertiary alicyclic amines) is 1. The van der Waals surface area contributed by atoms with Gasteiger partial charge in [-0.1, -0.05) is 6.07 Å². The molecule has 2 atom stereocenters. The minimum atomic E-state index is -0.956. The number of carbonyl (C=O) groups excluding carboxylic acids is 1. The van der Waals surface area contributed by atoms with Crippen molar-refractivity contribution in [2.75, 3.05) is 18.9 Å². The molecule has 1 saturated heterocycles. The summed E-state index contributed by atoms with van der Waals surface area (Å²) in [4.78, 5) is 14.8. The number of thioether (sulfide) groups is 1. The number of nitrogens with zero attached hydrogens (tertiary/aromatic N) is 1. The third-order valence-corrected chi connectivity index (χ3v) is 5.15. The number of aliphatic hydroxyl groups excluding tert-OH is 1. The number of β-amino-alcohol motifs (C(OH)–C–C–N with tert-alkyl or cyclic N) is 1. The monoisotopic (exact) mass is 341 g/mol. The lowest BCUT2D eigenvalue weighted by molar-refractivity contribution is -0.127. The lowest BCUT2D eigenvalue weighted by atomic mass is 10.0. The van der Waals surface area contributed by atoms with Gasteiger partial charge in [-0.25, -0.2) is 8.78 Å². The molecule has 23 heavy (non-hydrogen) atoms. The SMILES string of the molecule is CC1=C(C(=O)N2C[C@@H](O)C[C@H]2c2ccc(F)c(F)c2)SCCO1. The molecule has 0 radical (unpaired) electrons. The highest BCUT2D eigenvalue weighted by Crippen LogP contribution is 2.37. The third kappa shape index (κ3) is 3.21. The number of hydrogen-bond donors (Lipinski definition) is 1. The van der Waals surface area contributed by atoms with Crippen LogP contribution in [0.3, 0.4) is 0 Å². The van der Waals surface area contributed by atoms with Gasteiger partial charge in [0.1, 0.15) is 10.7 Å². The van der Waals surface area contributed by atoms with E-state index in [4.69, 9.17) is 4.74 Å². The number of hydrogen-bond acceptors (Lipinski definition) is 4. The molecule has 0 saturated carbocycles. The van der Waals surface area contributed by atoms with Crippen molar-refractivity contribution in [3.8, 4) is 0 Å². The van der Waals surface area contributed by atoms with E-state index in [1.54, 1.807) is 6.92 Å². The predicted molar refractivity (Wildman–Crippen MR) is 82.5 cm³/mol. The average Bonchev–Trinajstić information content (AvgIpc) is 2.92. The van der Waals surface area contributed by atoms with E-state index in [9.17, 15) is 18.7 Å². The standard InChI is InChI=1S/C16H17F2NO3S/c1-9-15(23-5-4-22-9)16(21)19-8-11(20)7-14(19)10-2-3-12(17)13(18)6-10/h2-3,6,11,14,20H,4-5,7-8H2,1H3/t11-,14-/m0/s1. The Balaban J connectivity index is 1.90. The highest BCUT2D eigenvalue weighted by molar-refractivity contribution is 8.04. The van der Waals surface area contributed by atoms with E-state index < -0.39 is 23.8 Å². The Morgan fingerprint density at radius 1 is 1.39 bits per heavy atom. The Bertz CT molecular complexity index is 665. The second-order valence-electron chi connectivity index (χ2n) is 5.62. The Kier molecular flexibility index (Phi) is 4.59. The minimum absolute atomic E-state index is 0.167. The number of rotatable bonds is 2. The van der Waals surface area contributed by atoms with Gasteiger partial charge in [0, 0.05) is 12.3 Å². The van der Waals surface area contributed by atoms with Crippen LogP contribution in [0.1, 0.15) is 24.9 Å². The summed E-state index contributed by atoms with van der Waals surface area (Å²) in [5.41, 5.74) is 0.480. The molecule has 0 spiro atoms. The second kappa shape index (κ2) is 6.49. The highest BCUT2D eigenvalue weighted by atomic mass is 32.2. The summed E-state index contributed by atoms with van der Waals surface area (Å²) in [6, 6.07) is 3.11. The molecule has 1 aromatic carbocycles. The van der Waals surface area contributed by atoms with Gasteiger partial charge in [-0.3, -0.25) is 4.79 Å². The number of aliphatic hydroxyl groups is 1. The summed E-state index contributed by atoms with van der Waals surface area (Å²) in [5, 5.41) is 9.95. The molecule has 2 heterocycles. The van der Waals surface area contributed by atoms with Crippen LogP contribution in [0.15, 0.2) is 28.9 Å². The fourth-order valence-electron chi connectivity index (χ4n) is 2.92. The molecule has 124 valence electrons. The normalized spacial score (nSPS) is 24.8. The molecule has 4 nitrogen and oxygen atoms in total. The van der Waals surface area contributed by atoms with E-state index in [-0.39, 0.29) is 12.5 Å². The minimum Gasteiger partial charge on any atom is -0.496 e. The first-order valence-corrected chi connectivity index (χ1v) is 8.36. The zero-order valence-corrected chi connectivity index (χ0v) is 13.4. The summed E-state index contributed by atoms with van der Waals surface area (Å²) < 4.78 is 32.0. The van der Waals surface area contributed by atoms with Crippen LogP contribution in [0.4, 0.5) is 8.78 Å². The first-order valence-electron chi connectivity index (χ1n) is 7.38. The van der Waals surface area contributed by atoms with Crippen molar-refractivity contribution in [2.24, 2.45) is 0 Å². The quantitative estimate of drug-likeness (QED) is 0.898. The Morgan fingerprint density at radius 2 is 2.17 bits per heavy atom. The van der Waals surface area contributed by atoms with E-state index in [1.165, 1.54) is 22.7 Å². The van der Waals surface area contributed by atoms with Crippen LogP contribution in [0, 0.1) is 11.6 Å². The zero-order chi connectivity index (χ0) is 16.6. The summed E-state index contributed by atoms with van der Waals surface area (Å²) >= 11 is 1.42. The molecule has 3 rings (SSSR count). The Labute approximate surface area is 137 Å². The van der Waals surface area contributed by atoms with Gasteiger partial charge in [0.25, 0.3) is 5.91 Å². The average molecular weight is 341 g/mol. The summed E-state index contributed by atoms with van der Waals surface area (Å²) in [6.45, 7) is 2.46. The van der Waals surface area contributed by atoms with E-state index in [2.05, 4.69) is 0 Å². The van der Waals surface area contributed by atoms with Crippen molar-refractivity contribution in [3.05, 3.63) is 46.1 Å². The first kappa shape index (κ1) is 16.3. The van der Waals surface area contributed by atoms with Crippen LogP contribution < -0.4 is 0 Å². The van der Waals surface area contributed by atoms with Crippen molar-refractivity contribution in [1.82, 2.24) is 4.90 Å². The van der Waals surface area contributed by atoms with Gasteiger partial charge in [0.2, 0.25) is 0 Å². The van der Waals surface area contributed by atoms with Gasteiger partial charge in [-0.05, 0) is 31.0 Å². The molecular formula is C16H17F2NO3S. The molecule has 0 unspecified atom stereocenters. The first-order chi connectivity index (χ1) is 11.0. The van der Waals surface area contributed by atoms with Gasteiger partial charge in [0.05, 0.1) is 18.8 Å². The molecule has 0 aliphatic carbocycles. The van der Waals surface area contributed by atoms with E-state index in [0.717, 1.165) is 12.1 Å². The van der Waals surface area contributed by atoms with Crippen LogP contribution in [-0.2, 0) is 9.53 Å². The number of halogens is 2. The van der Waals surface area contributed by atoms with Gasteiger partial charge < -0.3 is 14.7 Å². The predicted octanol–water partition coefficient (Wildman–Crippen LogP) is 2.59. The van der Waals surface area contributed by atoms with E-state index in [0.29, 0.717) is 35.0 Å². The third-order valence-electron chi connectivity index (χ3n) is 4.03. The van der Waals surface area contributed by atoms with E-state index in [1.807, 2.05) is 0 Å². The van der Waals surface area contributed by atoms with Crippen LogP contribution in [-0.4, -0.2) is 40.9 Å². The van der Waals surface area contributed by atoms with E-state index >= 15 is 0 Å². The number of ether oxygens (including phenoxy) is 1. The fourth-order valence-corrected chi connectivity index (χ4v) is 3.80. The highest BCUT2D eigenvalue weighted by Gasteiger charge is 2.38. The molecular weight excluding hydrogens is 324 g/mol. The van der Waals surface area contributed by atoms with Gasteiger partial charge >= 0.3 is 0 Å². The number of benzene rings is 1. The van der Waals surface area contributed by atoms with Crippen molar-refractivity contribution in [2.45, 2.75) is 25.5 Å². The van der Waals surface area contributed by atoms with Gasteiger partial charge in [0.15, 0.2) is 11.6 Å². The lowest BCUT2D eigenvalue weighted by Gasteiger charge is -2.27. The molecule has 2 aliphatic rings. The van der Waals surface area contributed by atoms with Crippen LogP contribution in [0.25, 0.3) is 0 Å². The summed E-state index contributed by atoms with van der Waals surface area (Å²) in [7, 11) is 0. The van der Waals surface area contributed by atoms with Crippen molar-refractivity contribution >= 4 is 17.7 Å². The molecule has 1 aromatic rings.